The number of allylic oxidation sites excluding steroid dienone is 1. The number of benzene rings is 1. The van der Waals surface area contributed by atoms with Crippen LogP contribution in [0.2, 0.25) is 0 Å². The standard InChI is InChI=1S/C17H17N3O/c1-12(2)11-16-18-17-6-4-5-15(20(17)19-16)13-7-9-14(21-3)10-8-13/h4-10H,1,11H2,2-3H3. The van der Waals surface area contributed by atoms with Gasteiger partial charge in [0.1, 0.15) is 5.75 Å². The highest BCUT2D eigenvalue weighted by Crippen LogP contribution is 2.23. The normalized spacial score (nSPS) is 10.8. The Balaban J connectivity index is 2.08. The van der Waals surface area contributed by atoms with Crippen LogP contribution in [-0.2, 0) is 6.42 Å². The summed E-state index contributed by atoms with van der Waals surface area (Å²) in [6, 6.07) is 13.9. The van der Waals surface area contributed by atoms with Crippen LogP contribution in [0.3, 0.4) is 0 Å². The molecule has 3 aromatic rings. The molecule has 3 rings (SSSR count). The van der Waals surface area contributed by atoms with Gasteiger partial charge in [-0.2, -0.15) is 5.10 Å². The van der Waals surface area contributed by atoms with Crippen LogP contribution >= 0.6 is 0 Å². The molecular weight excluding hydrogens is 262 g/mol. The second kappa shape index (κ2) is 5.40. The first-order valence-electron chi connectivity index (χ1n) is 6.81. The Labute approximate surface area is 123 Å². The molecule has 4 nitrogen and oxygen atoms in total. The summed E-state index contributed by atoms with van der Waals surface area (Å²) in [7, 11) is 1.66. The van der Waals surface area contributed by atoms with Gasteiger partial charge in [0.2, 0.25) is 0 Å². The Morgan fingerprint density at radius 2 is 1.95 bits per heavy atom. The first-order valence-corrected chi connectivity index (χ1v) is 6.81. The van der Waals surface area contributed by atoms with Crippen LogP contribution in [0.4, 0.5) is 0 Å². The minimum Gasteiger partial charge on any atom is -0.497 e. The van der Waals surface area contributed by atoms with Crippen molar-refractivity contribution in [2.75, 3.05) is 7.11 Å². The highest BCUT2D eigenvalue weighted by Gasteiger charge is 2.09. The van der Waals surface area contributed by atoms with Crippen molar-refractivity contribution < 1.29 is 4.74 Å². The minimum atomic E-state index is 0.698. The Morgan fingerprint density at radius 1 is 1.19 bits per heavy atom. The van der Waals surface area contributed by atoms with Crippen LogP contribution in [0.15, 0.2) is 54.6 Å². The van der Waals surface area contributed by atoms with Crippen LogP contribution in [0, 0.1) is 0 Å². The Hall–Kier alpha value is -2.62. The van der Waals surface area contributed by atoms with Crippen molar-refractivity contribution in [3.63, 3.8) is 0 Å². The Bertz CT molecular complexity index is 787. The molecule has 0 radical (unpaired) electrons. The summed E-state index contributed by atoms with van der Waals surface area (Å²) in [6.07, 6.45) is 0.698. The van der Waals surface area contributed by atoms with Gasteiger partial charge in [0.05, 0.1) is 12.8 Å². The van der Waals surface area contributed by atoms with Gasteiger partial charge >= 0.3 is 0 Å². The first-order chi connectivity index (χ1) is 10.2. The second-order valence-corrected chi connectivity index (χ2v) is 5.07. The molecular formula is C17H17N3O. The highest BCUT2D eigenvalue weighted by molar-refractivity contribution is 5.63. The fourth-order valence-electron chi connectivity index (χ4n) is 2.27. The minimum absolute atomic E-state index is 0.698. The van der Waals surface area contributed by atoms with Gasteiger partial charge in [-0.3, -0.25) is 0 Å². The number of rotatable bonds is 4. The fraction of sp³-hybridized carbons (Fsp3) is 0.176. The highest BCUT2D eigenvalue weighted by atomic mass is 16.5. The number of fused-ring (bicyclic) bond motifs is 1. The Morgan fingerprint density at radius 3 is 2.62 bits per heavy atom. The zero-order valence-electron chi connectivity index (χ0n) is 12.2. The molecule has 0 amide bonds. The predicted octanol–water partition coefficient (Wildman–Crippen LogP) is 3.52. The molecule has 0 fully saturated rings. The smallest absolute Gasteiger partial charge is 0.156 e. The van der Waals surface area contributed by atoms with E-state index in [0.29, 0.717) is 6.42 Å². The summed E-state index contributed by atoms with van der Waals surface area (Å²) in [4.78, 5) is 4.54. The molecule has 2 heterocycles. The van der Waals surface area contributed by atoms with E-state index in [1.54, 1.807) is 7.11 Å². The predicted molar refractivity (Wildman–Crippen MR) is 83.5 cm³/mol. The van der Waals surface area contributed by atoms with E-state index in [1.807, 2.05) is 53.9 Å². The molecule has 0 atom stereocenters. The van der Waals surface area contributed by atoms with Crippen molar-refractivity contribution in [3.8, 4) is 17.0 Å². The largest absolute Gasteiger partial charge is 0.497 e. The zero-order chi connectivity index (χ0) is 14.8. The van der Waals surface area contributed by atoms with Gasteiger partial charge in [0.15, 0.2) is 11.5 Å². The lowest BCUT2D eigenvalue weighted by Gasteiger charge is -2.05. The van der Waals surface area contributed by atoms with Gasteiger partial charge in [-0.15, -0.1) is 0 Å². The van der Waals surface area contributed by atoms with Gasteiger partial charge in [0, 0.05) is 12.0 Å². The van der Waals surface area contributed by atoms with Crippen LogP contribution < -0.4 is 4.74 Å². The Kier molecular flexibility index (Phi) is 3.44. The summed E-state index contributed by atoms with van der Waals surface area (Å²) in [6.45, 7) is 5.90. The van der Waals surface area contributed by atoms with Crippen LogP contribution in [0.25, 0.3) is 16.9 Å². The van der Waals surface area contributed by atoms with E-state index in [1.165, 1.54) is 0 Å². The average molecular weight is 279 g/mol. The summed E-state index contributed by atoms with van der Waals surface area (Å²) < 4.78 is 7.07. The summed E-state index contributed by atoms with van der Waals surface area (Å²) in [5, 5.41) is 4.59. The lowest BCUT2D eigenvalue weighted by Crippen LogP contribution is -1.95. The molecule has 0 aliphatic carbocycles. The molecule has 0 aliphatic rings. The van der Waals surface area contributed by atoms with Crippen molar-refractivity contribution in [3.05, 3.63) is 60.4 Å². The lowest BCUT2D eigenvalue weighted by molar-refractivity contribution is 0.415. The number of hydrogen-bond acceptors (Lipinski definition) is 3. The van der Waals surface area contributed by atoms with E-state index in [2.05, 4.69) is 16.7 Å². The quantitative estimate of drug-likeness (QED) is 0.686. The molecule has 0 saturated heterocycles. The number of ether oxygens (including phenoxy) is 1. The van der Waals surface area contributed by atoms with Crippen molar-refractivity contribution in [1.29, 1.82) is 0 Å². The van der Waals surface area contributed by atoms with E-state index in [0.717, 1.165) is 34.1 Å². The number of pyridine rings is 1. The summed E-state index contributed by atoms with van der Waals surface area (Å²) >= 11 is 0. The third-order valence-corrected chi connectivity index (χ3v) is 3.25. The summed E-state index contributed by atoms with van der Waals surface area (Å²) in [5.41, 5.74) is 3.99. The summed E-state index contributed by atoms with van der Waals surface area (Å²) in [5.74, 6) is 1.64. The van der Waals surface area contributed by atoms with E-state index < -0.39 is 0 Å². The molecule has 0 unspecified atom stereocenters. The molecule has 0 bridgehead atoms. The molecule has 2 aromatic heterocycles. The zero-order valence-corrected chi connectivity index (χ0v) is 12.2. The topological polar surface area (TPSA) is 39.4 Å². The maximum absolute atomic E-state index is 5.20. The monoisotopic (exact) mass is 279 g/mol. The van der Waals surface area contributed by atoms with Gasteiger partial charge in [-0.05, 0) is 43.3 Å². The van der Waals surface area contributed by atoms with Gasteiger partial charge in [0.25, 0.3) is 0 Å². The molecule has 0 aliphatic heterocycles. The number of methoxy groups -OCH3 is 1. The number of hydrogen-bond donors (Lipinski definition) is 0. The van der Waals surface area contributed by atoms with Crippen molar-refractivity contribution in [2.24, 2.45) is 0 Å². The SMILES string of the molecule is C=C(C)Cc1nc2cccc(-c3ccc(OC)cc3)n2n1. The molecule has 21 heavy (non-hydrogen) atoms. The van der Waals surface area contributed by atoms with E-state index in [-0.39, 0.29) is 0 Å². The number of aromatic nitrogens is 3. The van der Waals surface area contributed by atoms with Crippen molar-refractivity contribution in [2.45, 2.75) is 13.3 Å². The van der Waals surface area contributed by atoms with Crippen LogP contribution in [0.1, 0.15) is 12.7 Å². The fourth-order valence-corrected chi connectivity index (χ4v) is 2.27. The van der Waals surface area contributed by atoms with Gasteiger partial charge < -0.3 is 4.74 Å². The van der Waals surface area contributed by atoms with Gasteiger partial charge in [-0.1, -0.05) is 18.2 Å². The van der Waals surface area contributed by atoms with E-state index in [9.17, 15) is 0 Å². The number of nitrogens with zero attached hydrogens (tertiary/aromatic N) is 3. The average Bonchev–Trinajstić information content (AvgIpc) is 2.88. The van der Waals surface area contributed by atoms with E-state index in [4.69, 9.17) is 4.74 Å². The van der Waals surface area contributed by atoms with Crippen LogP contribution in [-0.4, -0.2) is 21.7 Å². The first kappa shape index (κ1) is 13.4. The lowest BCUT2D eigenvalue weighted by atomic mass is 10.1. The maximum atomic E-state index is 5.20. The van der Waals surface area contributed by atoms with Crippen LogP contribution in [0.5, 0.6) is 5.75 Å². The second-order valence-electron chi connectivity index (χ2n) is 5.07. The van der Waals surface area contributed by atoms with Crippen molar-refractivity contribution >= 4 is 5.65 Å². The molecule has 4 heteroatoms. The van der Waals surface area contributed by atoms with Gasteiger partial charge in [-0.25, -0.2) is 9.50 Å². The molecule has 106 valence electrons. The third-order valence-electron chi connectivity index (χ3n) is 3.25. The molecule has 0 N–H and O–H groups in total. The molecule has 0 spiro atoms. The maximum Gasteiger partial charge on any atom is 0.156 e. The molecule has 0 saturated carbocycles. The third kappa shape index (κ3) is 2.65. The van der Waals surface area contributed by atoms with Crippen molar-refractivity contribution in [1.82, 2.24) is 14.6 Å². The van der Waals surface area contributed by atoms with E-state index >= 15 is 0 Å². The molecule has 1 aromatic carbocycles.